The highest BCUT2D eigenvalue weighted by atomic mass is 15.2. The van der Waals surface area contributed by atoms with Gasteiger partial charge in [0.25, 0.3) is 0 Å². The fourth-order valence-electron chi connectivity index (χ4n) is 2.54. The minimum atomic E-state index is 0.437. The molecule has 0 saturated carbocycles. The van der Waals surface area contributed by atoms with Crippen LogP contribution in [0.15, 0.2) is 24.3 Å². The Morgan fingerprint density at radius 2 is 2.12 bits per heavy atom. The van der Waals surface area contributed by atoms with Gasteiger partial charge in [-0.05, 0) is 43.0 Å². The van der Waals surface area contributed by atoms with E-state index in [1.54, 1.807) is 0 Å². The number of benzene rings is 1. The number of hydrogen-bond donors (Lipinski definition) is 1. The Morgan fingerprint density at radius 3 is 2.71 bits per heavy atom. The highest BCUT2D eigenvalue weighted by molar-refractivity contribution is 5.51. The van der Waals surface area contributed by atoms with Crippen LogP contribution in [-0.2, 0) is 0 Å². The van der Waals surface area contributed by atoms with Gasteiger partial charge in [0.05, 0.1) is 11.6 Å². The summed E-state index contributed by atoms with van der Waals surface area (Å²) in [5.74, 6) is 0.762. The van der Waals surface area contributed by atoms with E-state index in [-0.39, 0.29) is 0 Å². The molecule has 1 aliphatic heterocycles. The molecule has 1 aliphatic rings. The van der Waals surface area contributed by atoms with Crippen molar-refractivity contribution in [1.82, 2.24) is 0 Å². The third-order valence-corrected chi connectivity index (χ3v) is 3.58. The highest BCUT2D eigenvalue weighted by Gasteiger charge is 2.25. The Kier molecular flexibility index (Phi) is 3.65. The van der Waals surface area contributed by atoms with Crippen LogP contribution in [0.1, 0.15) is 25.3 Å². The average Bonchev–Trinajstić information content (AvgIpc) is 2.39. The normalized spacial score (nSPS) is 24.4. The van der Waals surface area contributed by atoms with Gasteiger partial charge in [-0.1, -0.05) is 6.92 Å². The van der Waals surface area contributed by atoms with Crippen LogP contribution in [0.2, 0.25) is 0 Å². The number of nitriles is 1. The van der Waals surface area contributed by atoms with E-state index in [9.17, 15) is 0 Å². The first-order valence-corrected chi connectivity index (χ1v) is 6.21. The van der Waals surface area contributed by atoms with Gasteiger partial charge in [-0.2, -0.15) is 5.26 Å². The predicted molar refractivity (Wildman–Crippen MR) is 69.7 cm³/mol. The molecule has 2 unspecified atom stereocenters. The van der Waals surface area contributed by atoms with E-state index in [2.05, 4.69) is 17.9 Å². The zero-order valence-corrected chi connectivity index (χ0v) is 10.3. The highest BCUT2D eigenvalue weighted by Crippen LogP contribution is 2.27. The molecule has 2 rings (SSSR count). The molecule has 90 valence electrons. The maximum Gasteiger partial charge on any atom is 0.0991 e. The minimum Gasteiger partial charge on any atom is -0.367 e. The van der Waals surface area contributed by atoms with Crippen LogP contribution in [0, 0.1) is 17.2 Å². The quantitative estimate of drug-likeness (QED) is 0.845. The number of piperidine rings is 1. The smallest absolute Gasteiger partial charge is 0.0991 e. The van der Waals surface area contributed by atoms with Crippen LogP contribution in [0.25, 0.3) is 0 Å². The second-order valence-corrected chi connectivity index (χ2v) is 4.87. The Labute approximate surface area is 103 Å². The number of nitrogens with two attached hydrogens (primary N) is 1. The van der Waals surface area contributed by atoms with Gasteiger partial charge in [0, 0.05) is 24.8 Å². The number of nitrogens with zero attached hydrogens (tertiary/aromatic N) is 2. The minimum absolute atomic E-state index is 0.437. The van der Waals surface area contributed by atoms with Crippen molar-refractivity contribution in [2.75, 3.05) is 18.0 Å². The Balaban J connectivity index is 2.17. The van der Waals surface area contributed by atoms with Crippen molar-refractivity contribution in [2.45, 2.75) is 25.8 Å². The summed E-state index contributed by atoms with van der Waals surface area (Å²) in [6.07, 6.45) is 2.38. The second-order valence-electron chi connectivity index (χ2n) is 4.87. The molecule has 1 heterocycles. The van der Waals surface area contributed by atoms with Crippen molar-refractivity contribution in [3.05, 3.63) is 29.8 Å². The lowest BCUT2D eigenvalue weighted by molar-refractivity contribution is 0.367. The number of hydrogen-bond acceptors (Lipinski definition) is 3. The van der Waals surface area contributed by atoms with Crippen LogP contribution in [0.5, 0.6) is 0 Å². The van der Waals surface area contributed by atoms with E-state index in [1.807, 2.05) is 24.3 Å². The monoisotopic (exact) mass is 229 g/mol. The Hall–Kier alpha value is -1.53. The Bertz CT molecular complexity index is 404. The molecule has 0 aromatic heterocycles. The molecule has 0 bridgehead atoms. The predicted octanol–water partition coefficient (Wildman–Crippen LogP) is 2.12. The standard InChI is InChI=1S/C14H19N3/c1-11-6-7-17(14(8-11)10-16)13-4-2-12(9-15)3-5-13/h2-5,11,14H,6-8,10,16H2,1H3. The van der Waals surface area contributed by atoms with Crippen molar-refractivity contribution in [3.63, 3.8) is 0 Å². The van der Waals surface area contributed by atoms with Gasteiger partial charge in [-0.25, -0.2) is 0 Å². The fourth-order valence-corrected chi connectivity index (χ4v) is 2.54. The molecule has 2 atom stereocenters. The summed E-state index contributed by atoms with van der Waals surface area (Å²) in [5, 5.41) is 8.79. The summed E-state index contributed by atoms with van der Waals surface area (Å²) in [6, 6.07) is 10.4. The first-order chi connectivity index (χ1) is 8.24. The van der Waals surface area contributed by atoms with Gasteiger partial charge in [-0.15, -0.1) is 0 Å². The van der Waals surface area contributed by atoms with Crippen molar-refractivity contribution >= 4 is 5.69 Å². The zero-order valence-electron chi connectivity index (χ0n) is 10.3. The van der Waals surface area contributed by atoms with Gasteiger partial charge in [0.15, 0.2) is 0 Å². The molecule has 3 heteroatoms. The third kappa shape index (κ3) is 2.59. The summed E-state index contributed by atoms with van der Waals surface area (Å²) >= 11 is 0. The van der Waals surface area contributed by atoms with Gasteiger partial charge in [0.1, 0.15) is 0 Å². The van der Waals surface area contributed by atoms with E-state index in [0.29, 0.717) is 18.2 Å². The first-order valence-electron chi connectivity index (χ1n) is 6.21. The maximum atomic E-state index is 8.79. The van der Waals surface area contributed by atoms with Gasteiger partial charge in [0.2, 0.25) is 0 Å². The van der Waals surface area contributed by atoms with E-state index < -0.39 is 0 Å². The number of anilines is 1. The van der Waals surface area contributed by atoms with Crippen LogP contribution in [0.4, 0.5) is 5.69 Å². The van der Waals surface area contributed by atoms with E-state index in [0.717, 1.165) is 18.9 Å². The molecule has 0 aliphatic carbocycles. The largest absolute Gasteiger partial charge is 0.367 e. The van der Waals surface area contributed by atoms with Crippen molar-refractivity contribution in [2.24, 2.45) is 11.7 Å². The Morgan fingerprint density at radius 1 is 1.41 bits per heavy atom. The number of rotatable bonds is 2. The van der Waals surface area contributed by atoms with Crippen LogP contribution in [0.3, 0.4) is 0 Å². The zero-order chi connectivity index (χ0) is 12.3. The maximum absolute atomic E-state index is 8.79. The van der Waals surface area contributed by atoms with Crippen LogP contribution < -0.4 is 10.6 Å². The molecular weight excluding hydrogens is 210 g/mol. The summed E-state index contributed by atoms with van der Waals surface area (Å²) in [7, 11) is 0. The molecular formula is C14H19N3. The molecule has 2 N–H and O–H groups in total. The fraction of sp³-hybridized carbons (Fsp3) is 0.500. The van der Waals surface area contributed by atoms with Gasteiger partial charge < -0.3 is 10.6 Å². The summed E-state index contributed by atoms with van der Waals surface area (Å²) in [4.78, 5) is 2.38. The van der Waals surface area contributed by atoms with Crippen LogP contribution in [-0.4, -0.2) is 19.1 Å². The van der Waals surface area contributed by atoms with Crippen molar-refractivity contribution < 1.29 is 0 Å². The molecule has 17 heavy (non-hydrogen) atoms. The topological polar surface area (TPSA) is 53.0 Å². The summed E-state index contributed by atoms with van der Waals surface area (Å²) < 4.78 is 0. The summed E-state index contributed by atoms with van der Waals surface area (Å²) in [6.45, 7) is 4.05. The second kappa shape index (κ2) is 5.20. The molecule has 3 nitrogen and oxygen atoms in total. The molecule has 1 aromatic rings. The van der Waals surface area contributed by atoms with E-state index in [4.69, 9.17) is 11.0 Å². The lowest BCUT2D eigenvalue weighted by Crippen LogP contribution is -2.46. The van der Waals surface area contributed by atoms with E-state index >= 15 is 0 Å². The van der Waals surface area contributed by atoms with E-state index in [1.165, 1.54) is 12.1 Å². The van der Waals surface area contributed by atoms with Gasteiger partial charge in [-0.3, -0.25) is 0 Å². The first kappa shape index (κ1) is 11.9. The molecule has 0 spiro atoms. The molecule has 1 saturated heterocycles. The molecule has 1 fully saturated rings. The lowest BCUT2D eigenvalue weighted by atomic mass is 9.92. The molecule has 0 amide bonds. The van der Waals surface area contributed by atoms with Crippen molar-refractivity contribution in [1.29, 1.82) is 5.26 Å². The average molecular weight is 229 g/mol. The third-order valence-electron chi connectivity index (χ3n) is 3.58. The lowest BCUT2D eigenvalue weighted by Gasteiger charge is -2.39. The van der Waals surface area contributed by atoms with Crippen LogP contribution >= 0.6 is 0 Å². The SMILES string of the molecule is CC1CCN(c2ccc(C#N)cc2)C(CN)C1. The summed E-state index contributed by atoms with van der Waals surface area (Å²) in [5.41, 5.74) is 7.75. The molecule has 0 radical (unpaired) electrons. The van der Waals surface area contributed by atoms with Crippen molar-refractivity contribution in [3.8, 4) is 6.07 Å². The molecule has 1 aromatic carbocycles. The van der Waals surface area contributed by atoms with Gasteiger partial charge >= 0.3 is 0 Å².